The molecule has 0 bridgehead atoms. The molecule has 4 heterocycles. The molecule has 142 valence electrons. The second-order valence-corrected chi connectivity index (χ2v) is 8.48. The van der Waals surface area contributed by atoms with Crippen LogP contribution in [0.2, 0.25) is 0 Å². The SMILES string of the molecule is O=C(c1cnc2ccccc2c1)N1CC2(CCC(CN3CCCC3)CO2)C1. The largest absolute Gasteiger partial charge is 0.371 e. The number of aromatic nitrogens is 1. The minimum Gasteiger partial charge on any atom is -0.371 e. The molecule has 0 saturated carbocycles. The normalized spacial score (nSPS) is 25.0. The van der Waals surface area contributed by atoms with E-state index in [-0.39, 0.29) is 11.5 Å². The maximum Gasteiger partial charge on any atom is 0.255 e. The third-order valence-electron chi connectivity index (χ3n) is 6.43. The number of pyridine rings is 1. The van der Waals surface area contributed by atoms with Gasteiger partial charge in [-0.2, -0.15) is 0 Å². The minimum atomic E-state index is -0.0958. The average Bonchev–Trinajstić information content (AvgIpc) is 3.19. The quantitative estimate of drug-likeness (QED) is 0.839. The second kappa shape index (κ2) is 6.88. The molecule has 1 amide bonds. The van der Waals surface area contributed by atoms with Crippen LogP contribution in [0.1, 0.15) is 36.0 Å². The molecular weight excluding hydrogens is 338 g/mol. The molecule has 3 fully saturated rings. The molecule has 2 aromatic rings. The Morgan fingerprint density at radius 1 is 1.22 bits per heavy atom. The number of rotatable bonds is 3. The van der Waals surface area contributed by atoms with Crippen LogP contribution in [0.25, 0.3) is 10.9 Å². The molecule has 27 heavy (non-hydrogen) atoms. The highest BCUT2D eigenvalue weighted by atomic mass is 16.5. The van der Waals surface area contributed by atoms with Crippen LogP contribution in [0.15, 0.2) is 36.5 Å². The van der Waals surface area contributed by atoms with E-state index in [4.69, 9.17) is 4.74 Å². The topological polar surface area (TPSA) is 45.7 Å². The number of para-hydroxylation sites is 1. The molecule has 1 unspecified atom stereocenters. The lowest BCUT2D eigenvalue weighted by Crippen LogP contribution is -2.66. The van der Waals surface area contributed by atoms with Gasteiger partial charge in [0, 0.05) is 18.1 Å². The first kappa shape index (κ1) is 17.1. The van der Waals surface area contributed by atoms with Crippen molar-refractivity contribution in [3.63, 3.8) is 0 Å². The van der Waals surface area contributed by atoms with Gasteiger partial charge in [-0.15, -0.1) is 0 Å². The molecule has 0 aliphatic carbocycles. The summed E-state index contributed by atoms with van der Waals surface area (Å²) in [6.07, 6.45) is 6.68. The zero-order valence-electron chi connectivity index (χ0n) is 15.8. The molecule has 1 spiro atoms. The Morgan fingerprint density at radius 3 is 2.81 bits per heavy atom. The van der Waals surface area contributed by atoms with Crippen LogP contribution in [0.3, 0.4) is 0 Å². The number of carbonyl (C=O) groups is 1. The van der Waals surface area contributed by atoms with Gasteiger partial charge in [0.2, 0.25) is 0 Å². The van der Waals surface area contributed by atoms with Crippen LogP contribution in [0.4, 0.5) is 0 Å². The van der Waals surface area contributed by atoms with Crippen LogP contribution < -0.4 is 0 Å². The molecular formula is C22H27N3O2. The molecule has 3 aliphatic heterocycles. The molecule has 0 radical (unpaired) electrons. The van der Waals surface area contributed by atoms with Gasteiger partial charge >= 0.3 is 0 Å². The van der Waals surface area contributed by atoms with Gasteiger partial charge in [-0.3, -0.25) is 9.78 Å². The number of likely N-dealkylation sites (tertiary alicyclic amines) is 2. The average molecular weight is 365 g/mol. The third-order valence-corrected chi connectivity index (χ3v) is 6.43. The number of hydrogen-bond acceptors (Lipinski definition) is 4. The van der Waals surface area contributed by atoms with Gasteiger partial charge < -0.3 is 14.5 Å². The molecule has 1 aromatic heterocycles. The van der Waals surface area contributed by atoms with E-state index in [0.717, 1.165) is 37.0 Å². The molecule has 1 aromatic carbocycles. The monoisotopic (exact) mass is 365 g/mol. The van der Waals surface area contributed by atoms with Gasteiger partial charge in [0.05, 0.1) is 30.8 Å². The van der Waals surface area contributed by atoms with Gasteiger partial charge in [-0.1, -0.05) is 18.2 Å². The highest BCUT2D eigenvalue weighted by Crippen LogP contribution is 2.37. The maximum atomic E-state index is 12.8. The van der Waals surface area contributed by atoms with Gasteiger partial charge in [0.15, 0.2) is 0 Å². The Kier molecular flexibility index (Phi) is 4.37. The van der Waals surface area contributed by atoms with Gasteiger partial charge in [-0.05, 0) is 56.8 Å². The van der Waals surface area contributed by atoms with Crippen molar-refractivity contribution >= 4 is 16.8 Å². The first-order chi connectivity index (χ1) is 13.2. The maximum absolute atomic E-state index is 12.8. The lowest BCUT2D eigenvalue weighted by atomic mass is 9.82. The summed E-state index contributed by atoms with van der Waals surface area (Å²) < 4.78 is 6.27. The highest BCUT2D eigenvalue weighted by molar-refractivity contribution is 5.97. The number of hydrogen-bond donors (Lipinski definition) is 0. The fourth-order valence-electron chi connectivity index (χ4n) is 4.80. The van der Waals surface area contributed by atoms with E-state index in [1.807, 2.05) is 35.2 Å². The Hall–Kier alpha value is -1.98. The van der Waals surface area contributed by atoms with Crippen LogP contribution in [0, 0.1) is 5.92 Å². The van der Waals surface area contributed by atoms with Crippen molar-refractivity contribution in [3.05, 3.63) is 42.1 Å². The number of carbonyl (C=O) groups excluding carboxylic acids is 1. The number of benzene rings is 1. The van der Waals surface area contributed by atoms with Crippen molar-refractivity contribution in [3.8, 4) is 0 Å². The van der Waals surface area contributed by atoms with Crippen molar-refractivity contribution in [1.82, 2.24) is 14.8 Å². The number of nitrogens with zero attached hydrogens (tertiary/aromatic N) is 3. The summed E-state index contributed by atoms with van der Waals surface area (Å²) in [7, 11) is 0. The summed E-state index contributed by atoms with van der Waals surface area (Å²) in [6.45, 7) is 5.97. The summed E-state index contributed by atoms with van der Waals surface area (Å²) in [6, 6.07) is 9.86. The molecule has 5 rings (SSSR count). The van der Waals surface area contributed by atoms with Crippen molar-refractivity contribution in [2.24, 2.45) is 5.92 Å². The number of fused-ring (bicyclic) bond motifs is 1. The summed E-state index contributed by atoms with van der Waals surface area (Å²) in [5.74, 6) is 0.727. The third kappa shape index (κ3) is 3.34. The van der Waals surface area contributed by atoms with E-state index in [0.29, 0.717) is 11.5 Å². The zero-order valence-corrected chi connectivity index (χ0v) is 15.8. The van der Waals surface area contributed by atoms with Crippen molar-refractivity contribution in [2.45, 2.75) is 31.3 Å². The van der Waals surface area contributed by atoms with E-state index < -0.39 is 0 Å². The fourth-order valence-corrected chi connectivity index (χ4v) is 4.80. The van der Waals surface area contributed by atoms with Crippen LogP contribution in [0.5, 0.6) is 0 Å². The predicted molar refractivity (Wildman–Crippen MR) is 105 cm³/mol. The Bertz CT molecular complexity index is 830. The number of ether oxygens (including phenoxy) is 1. The highest BCUT2D eigenvalue weighted by Gasteiger charge is 2.48. The van der Waals surface area contributed by atoms with E-state index in [2.05, 4.69) is 9.88 Å². The van der Waals surface area contributed by atoms with Gasteiger partial charge in [0.25, 0.3) is 5.91 Å². The Labute approximate surface area is 160 Å². The summed E-state index contributed by atoms with van der Waals surface area (Å²) in [5.41, 5.74) is 1.50. The molecule has 5 nitrogen and oxygen atoms in total. The smallest absolute Gasteiger partial charge is 0.255 e. The van der Waals surface area contributed by atoms with Gasteiger partial charge in [-0.25, -0.2) is 0 Å². The first-order valence-corrected chi connectivity index (χ1v) is 10.2. The Balaban J connectivity index is 1.17. The Morgan fingerprint density at radius 2 is 2.04 bits per heavy atom. The lowest BCUT2D eigenvalue weighted by molar-refractivity contribution is -0.168. The first-order valence-electron chi connectivity index (χ1n) is 10.2. The molecule has 0 N–H and O–H groups in total. The molecule has 1 atom stereocenters. The van der Waals surface area contributed by atoms with Crippen molar-refractivity contribution in [1.29, 1.82) is 0 Å². The van der Waals surface area contributed by atoms with Crippen LogP contribution >= 0.6 is 0 Å². The van der Waals surface area contributed by atoms with Crippen molar-refractivity contribution in [2.75, 3.05) is 39.3 Å². The van der Waals surface area contributed by atoms with Gasteiger partial charge in [0.1, 0.15) is 5.60 Å². The second-order valence-electron chi connectivity index (χ2n) is 8.48. The summed E-state index contributed by atoms with van der Waals surface area (Å²) in [5, 5.41) is 1.01. The molecule has 3 saturated heterocycles. The molecule has 3 aliphatic rings. The summed E-state index contributed by atoms with van der Waals surface area (Å²) in [4.78, 5) is 21.7. The van der Waals surface area contributed by atoms with Crippen LogP contribution in [-0.4, -0.2) is 65.6 Å². The zero-order chi connectivity index (χ0) is 18.3. The van der Waals surface area contributed by atoms with E-state index in [1.165, 1.54) is 38.9 Å². The fraction of sp³-hybridized carbons (Fsp3) is 0.545. The minimum absolute atomic E-state index is 0.0710. The van der Waals surface area contributed by atoms with E-state index in [9.17, 15) is 4.79 Å². The van der Waals surface area contributed by atoms with E-state index in [1.54, 1.807) is 6.20 Å². The van der Waals surface area contributed by atoms with E-state index >= 15 is 0 Å². The number of amides is 1. The molecule has 5 heteroatoms. The lowest BCUT2D eigenvalue weighted by Gasteiger charge is -2.53. The van der Waals surface area contributed by atoms with Crippen LogP contribution in [-0.2, 0) is 4.74 Å². The summed E-state index contributed by atoms with van der Waals surface area (Å²) >= 11 is 0. The predicted octanol–water partition coefficient (Wildman–Crippen LogP) is 2.95. The standard InChI is InChI=1S/C22H27N3O2/c26-21(19-11-18-5-1-2-6-20(18)23-12-19)25-15-22(16-25)8-7-17(14-27-22)13-24-9-3-4-10-24/h1-2,5-6,11-12,17H,3-4,7-10,13-16H2. The van der Waals surface area contributed by atoms with Crippen molar-refractivity contribution < 1.29 is 9.53 Å².